The zero-order chi connectivity index (χ0) is 10.0. The van der Waals surface area contributed by atoms with Crippen LogP contribution in [0.15, 0.2) is 4.42 Å². The van der Waals surface area contributed by atoms with Crippen molar-refractivity contribution in [3.05, 3.63) is 11.8 Å². The van der Waals surface area contributed by atoms with Gasteiger partial charge in [0.2, 0.25) is 12.2 Å². The zero-order valence-corrected chi connectivity index (χ0v) is 8.84. The van der Waals surface area contributed by atoms with Crippen LogP contribution >= 0.6 is 11.8 Å². The minimum Gasteiger partial charge on any atom is -0.418 e. The molecule has 0 unspecified atom stereocenters. The highest BCUT2D eigenvalue weighted by Gasteiger charge is 2.34. The van der Waals surface area contributed by atoms with Gasteiger partial charge in [0.15, 0.2) is 0 Å². The maximum Gasteiger partial charge on any atom is 0.280 e. The summed E-state index contributed by atoms with van der Waals surface area (Å²) in [4.78, 5) is 10.4. The van der Waals surface area contributed by atoms with E-state index in [0.29, 0.717) is 12.2 Å². The molecule has 2 rings (SSSR count). The summed E-state index contributed by atoms with van der Waals surface area (Å²) in [7, 11) is 0. The first-order valence-electron chi connectivity index (χ1n) is 4.61. The lowest BCUT2D eigenvalue weighted by Crippen LogP contribution is -2.27. The molecule has 0 amide bonds. The molecule has 1 saturated heterocycles. The quantitative estimate of drug-likeness (QED) is 0.698. The number of nitrogens with zero attached hydrogens (tertiary/aromatic N) is 2. The molecule has 1 aromatic heterocycles. The second-order valence-corrected chi connectivity index (χ2v) is 4.96. The van der Waals surface area contributed by atoms with Gasteiger partial charge in [-0.2, -0.15) is 11.8 Å². The molecular weight excluding hydrogens is 200 g/mol. The highest BCUT2D eigenvalue weighted by Crippen LogP contribution is 2.36. The fourth-order valence-corrected chi connectivity index (χ4v) is 2.96. The van der Waals surface area contributed by atoms with Crippen LogP contribution in [0.1, 0.15) is 36.3 Å². The van der Waals surface area contributed by atoms with Gasteiger partial charge >= 0.3 is 0 Å². The molecule has 0 saturated carbocycles. The van der Waals surface area contributed by atoms with E-state index in [9.17, 15) is 4.79 Å². The first kappa shape index (κ1) is 9.71. The van der Waals surface area contributed by atoms with Crippen molar-refractivity contribution in [1.29, 1.82) is 0 Å². The number of carbonyl (C=O) groups excluding carboxylic acids is 1. The Balaban J connectivity index is 2.23. The summed E-state index contributed by atoms with van der Waals surface area (Å²) in [6, 6.07) is 0. The normalized spacial score (nSPS) is 20.6. The number of thioether (sulfide) groups is 1. The summed E-state index contributed by atoms with van der Waals surface area (Å²) in [6.45, 7) is 2.12. The maximum atomic E-state index is 10.4. The van der Waals surface area contributed by atoms with Gasteiger partial charge < -0.3 is 4.42 Å². The lowest BCUT2D eigenvalue weighted by atomic mass is 9.84. The molecule has 0 radical (unpaired) electrons. The van der Waals surface area contributed by atoms with Crippen LogP contribution in [0.3, 0.4) is 0 Å². The molecule has 1 aliphatic heterocycles. The second kappa shape index (κ2) is 3.73. The number of carbonyl (C=O) groups is 1. The molecule has 76 valence electrons. The van der Waals surface area contributed by atoms with Crippen molar-refractivity contribution in [2.75, 3.05) is 11.5 Å². The van der Waals surface area contributed by atoms with E-state index < -0.39 is 0 Å². The summed E-state index contributed by atoms with van der Waals surface area (Å²) < 4.78 is 5.28. The third-order valence-corrected chi connectivity index (χ3v) is 3.64. The predicted molar refractivity (Wildman–Crippen MR) is 53.6 cm³/mol. The summed E-state index contributed by atoms with van der Waals surface area (Å²) in [5, 5.41) is 7.59. The maximum absolute atomic E-state index is 10.4. The fraction of sp³-hybridized carbons (Fsp3) is 0.667. The van der Waals surface area contributed by atoms with Gasteiger partial charge in [-0.15, -0.1) is 10.2 Å². The smallest absolute Gasteiger partial charge is 0.280 e. The van der Waals surface area contributed by atoms with E-state index in [1.165, 1.54) is 0 Å². The Hall–Kier alpha value is -0.840. The van der Waals surface area contributed by atoms with E-state index in [1.54, 1.807) is 0 Å². The summed E-state index contributed by atoms with van der Waals surface area (Å²) >= 11 is 1.95. The van der Waals surface area contributed by atoms with E-state index in [1.807, 2.05) is 11.8 Å². The SMILES string of the molecule is CC1(c2nnc(C=O)o2)CCSCC1. The van der Waals surface area contributed by atoms with E-state index in [2.05, 4.69) is 17.1 Å². The Bertz CT molecular complexity index is 331. The van der Waals surface area contributed by atoms with Gasteiger partial charge in [-0.05, 0) is 24.3 Å². The van der Waals surface area contributed by atoms with Crippen molar-refractivity contribution >= 4 is 18.0 Å². The Kier molecular flexibility index (Phi) is 2.58. The standard InChI is InChI=1S/C9H12N2O2S/c1-9(2-4-14-5-3-9)8-11-10-7(6-12)13-8/h6H,2-5H2,1H3. The minimum atomic E-state index is -0.0283. The van der Waals surface area contributed by atoms with Crippen LogP contribution < -0.4 is 0 Å². The molecule has 1 fully saturated rings. The monoisotopic (exact) mass is 212 g/mol. The summed E-state index contributed by atoms with van der Waals surface area (Å²) in [5.41, 5.74) is -0.0283. The van der Waals surface area contributed by atoms with Crippen molar-refractivity contribution < 1.29 is 9.21 Å². The molecule has 0 atom stereocenters. The molecule has 0 spiro atoms. The average molecular weight is 212 g/mol. The molecule has 1 aromatic rings. The first-order chi connectivity index (χ1) is 6.74. The van der Waals surface area contributed by atoms with Crippen LogP contribution in [-0.2, 0) is 5.41 Å². The first-order valence-corrected chi connectivity index (χ1v) is 5.77. The van der Waals surface area contributed by atoms with E-state index in [4.69, 9.17) is 4.42 Å². The van der Waals surface area contributed by atoms with E-state index in [-0.39, 0.29) is 11.3 Å². The number of aromatic nitrogens is 2. The largest absolute Gasteiger partial charge is 0.418 e. The minimum absolute atomic E-state index is 0.0283. The number of hydrogen-bond donors (Lipinski definition) is 0. The lowest BCUT2D eigenvalue weighted by Gasteiger charge is -2.29. The Morgan fingerprint density at radius 1 is 1.43 bits per heavy atom. The van der Waals surface area contributed by atoms with Gasteiger partial charge in [-0.3, -0.25) is 4.79 Å². The second-order valence-electron chi connectivity index (χ2n) is 3.74. The van der Waals surface area contributed by atoms with Crippen molar-refractivity contribution in [2.24, 2.45) is 0 Å². The number of aldehydes is 1. The molecule has 1 aliphatic rings. The Morgan fingerprint density at radius 2 is 2.14 bits per heavy atom. The van der Waals surface area contributed by atoms with Crippen molar-refractivity contribution in [3.8, 4) is 0 Å². The zero-order valence-electron chi connectivity index (χ0n) is 8.02. The molecule has 2 heterocycles. The molecule has 0 aromatic carbocycles. The highest BCUT2D eigenvalue weighted by atomic mass is 32.2. The van der Waals surface area contributed by atoms with Crippen LogP contribution in [0.2, 0.25) is 0 Å². The van der Waals surface area contributed by atoms with Crippen molar-refractivity contribution in [3.63, 3.8) is 0 Å². The van der Waals surface area contributed by atoms with Gasteiger partial charge in [0.05, 0.1) is 0 Å². The molecule has 4 nitrogen and oxygen atoms in total. The Labute approximate surface area is 86.5 Å². The van der Waals surface area contributed by atoms with Crippen LogP contribution in [0.25, 0.3) is 0 Å². The van der Waals surface area contributed by atoms with Gasteiger partial charge in [0.1, 0.15) is 0 Å². The lowest BCUT2D eigenvalue weighted by molar-refractivity contribution is 0.109. The highest BCUT2D eigenvalue weighted by molar-refractivity contribution is 7.99. The molecule has 0 N–H and O–H groups in total. The van der Waals surface area contributed by atoms with Gasteiger partial charge in [0, 0.05) is 5.41 Å². The van der Waals surface area contributed by atoms with Crippen LogP contribution in [0, 0.1) is 0 Å². The predicted octanol–water partition coefficient (Wildman–Crippen LogP) is 1.67. The average Bonchev–Trinajstić information content (AvgIpc) is 2.67. The fourth-order valence-electron chi connectivity index (χ4n) is 1.56. The Morgan fingerprint density at radius 3 is 2.71 bits per heavy atom. The van der Waals surface area contributed by atoms with E-state index in [0.717, 1.165) is 24.3 Å². The molecule has 14 heavy (non-hydrogen) atoms. The van der Waals surface area contributed by atoms with Crippen LogP contribution in [0.4, 0.5) is 0 Å². The summed E-state index contributed by atoms with van der Waals surface area (Å²) in [5.74, 6) is 2.93. The van der Waals surface area contributed by atoms with Gasteiger partial charge in [-0.1, -0.05) is 6.92 Å². The van der Waals surface area contributed by atoms with Crippen LogP contribution in [-0.4, -0.2) is 28.0 Å². The van der Waals surface area contributed by atoms with Crippen molar-refractivity contribution in [2.45, 2.75) is 25.2 Å². The number of hydrogen-bond acceptors (Lipinski definition) is 5. The van der Waals surface area contributed by atoms with Gasteiger partial charge in [0.25, 0.3) is 5.89 Å². The molecule has 0 bridgehead atoms. The molecular formula is C9H12N2O2S. The van der Waals surface area contributed by atoms with Crippen molar-refractivity contribution in [1.82, 2.24) is 10.2 Å². The van der Waals surface area contributed by atoms with E-state index >= 15 is 0 Å². The van der Waals surface area contributed by atoms with Crippen LogP contribution in [0.5, 0.6) is 0 Å². The number of rotatable bonds is 2. The topological polar surface area (TPSA) is 56.0 Å². The third kappa shape index (κ3) is 1.68. The summed E-state index contributed by atoms with van der Waals surface area (Å²) in [6.07, 6.45) is 2.67. The van der Waals surface area contributed by atoms with Gasteiger partial charge in [-0.25, -0.2) is 0 Å². The third-order valence-electron chi connectivity index (χ3n) is 2.65. The molecule has 5 heteroatoms. The molecule has 0 aliphatic carbocycles.